The molecule has 2 saturated heterocycles. The molecule has 4 N–H and O–H groups in total. The summed E-state index contributed by atoms with van der Waals surface area (Å²) in [4.78, 5) is 32.9. The molecule has 2 fully saturated rings. The number of carbonyl (C=O) groups is 2. The number of ether oxygens (including phenoxy) is 1. The van der Waals surface area contributed by atoms with Crippen molar-refractivity contribution in [2.45, 2.75) is 38.8 Å². The van der Waals surface area contributed by atoms with Crippen LogP contribution in [0.3, 0.4) is 0 Å². The maximum atomic E-state index is 13.8. The summed E-state index contributed by atoms with van der Waals surface area (Å²) in [7, 11) is 0. The van der Waals surface area contributed by atoms with Crippen LogP contribution in [0.1, 0.15) is 32.3 Å². The molecule has 1 atom stereocenters. The molecule has 5 rings (SSSR count). The lowest BCUT2D eigenvalue weighted by Gasteiger charge is -2.37. The lowest BCUT2D eigenvalue weighted by molar-refractivity contribution is -0.146. The molecule has 232 valence electrons. The van der Waals surface area contributed by atoms with Gasteiger partial charge in [0.15, 0.2) is 5.60 Å². The number of nitrogens with one attached hydrogen (secondary N) is 2. The van der Waals surface area contributed by atoms with Crippen molar-refractivity contribution in [3.05, 3.63) is 66.5 Å². The first-order valence-corrected chi connectivity index (χ1v) is 14.9. The fourth-order valence-electron chi connectivity index (χ4n) is 5.86. The highest BCUT2D eigenvalue weighted by atomic mass is 35.5. The third-order valence-corrected chi connectivity index (χ3v) is 8.12. The van der Waals surface area contributed by atoms with E-state index in [1.807, 2.05) is 54.1 Å². The molecule has 0 radical (unpaired) electrons. The average molecular weight is 610 g/mol. The zero-order valence-electron chi connectivity index (χ0n) is 25.1. The van der Waals surface area contributed by atoms with Gasteiger partial charge in [-0.25, -0.2) is 0 Å². The third-order valence-electron chi connectivity index (χ3n) is 8.12. The number of aromatic amines is 1. The van der Waals surface area contributed by atoms with Gasteiger partial charge < -0.3 is 30.5 Å². The lowest BCUT2D eigenvalue weighted by atomic mass is 9.95. The molecule has 10 nitrogen and oxygen atoms in total. The molecule has 1 aromatic heterocycles. The van der Waals surface area contributed by atoms with Crippen LogP contribution in [0.5, 0.6) is 5.75 Å². The van der Waals surface area contributed by atoms with E-state index in [1.54, 1.807) is 6.20 Å². The fraction of sp³-hybridized carbons (Fsp3) is 0.469. The van der Waals surface area contributed by atoms with Crippen LogP contribution in [0.15, 0.2) is 60.9 Å². The van der Waals surface area contributed by atoms with Crippen molar-refractivity contribution in [1.29, 1.82) is 0 Å². The summed E-state index contributed by atoms with van der Waals surface area (Å²) in [5.41, 5.74) is 9.13. The van der Waals surface area contributed by atoms with E-state index < -0.39 is 5.60 Å². The Morgan fingerprint density at radius 1 is 1.09 bits per heavy atom. The molecule has 0 bridgehead atoms. The molecule has 11 heteroatoms. The fourth-order valence-corrected chi connectivity index (χ4v) is 5.86. The van der Waals surface area contributed by atoms with Gasteiger partial charge in [0.1, 0.15) is 5.75 Å². The number of halogens is 1. The van der Waals surface area contributed by atoms with E-state index in [-0.39, 0.29) is 30.1 Å². The number of nitrogens with zero attached hydrogens (tertiary/aromatic N) is 4. The number of nitrogens with two attached hydrogens (primary N) is 1. The molecule has 3 aromatic rings. The Morgan fingerprint density at radius 2 is 1.86 bits per heavy atom. The Bertz CT molecular complexity index is 1330. The Labute approximate surface area is 260 Å². The van der Waals surface area contributed by atoms with Crippen molar-refractivity contribution in [1.82, 2.24) is 25.3 Å². The normalized spacial score (nSPS) is 17.2. The summed E-state index contributed by atoms with van der Waals surface area (Å²) in [6.45, 7) is 9.58. The number of piperazine rings is 1. The molecule has 0 aliphatic carbocycles. The van der Waals surface area contributed by atoms with Crippen LogP contribution < -0.4 is 20.7 Å². The summed E-state index contributed by atoms with van der Waals surface area (Å²) < 4.78 is 6.26. The summed E-state index contributed by atoms with van der Waals surface area (Å²) in [6.07, 6.45) is 5.43. The van der Waals surface area contributed by atoms with E-state index >= 15 is 0 Å². The number of H-pyrrole nitrogens is 1. The number of hydrogen-bond donors (Lipinski definition) is 3. The number of anilines is 1. The second kappa shape index (κ2) is 14.7. The quantitative estimate of drug-likeness (QED) is 0.323. The number of rotatable bonds is 10. The standard InChI is InChI=1S/C32H43N7O3.ClH/c1-32(2,31(41)37-17-13-34-14-18-37)42-29-7-3-6-28(19-29)38-15-4-5-26(23-38)30(40)39(16-12-33)22-24-8-10-25(11-9-24)27-20-35-36-21-27;/h3,6-11,19-21,26,34H,4-5,12-18,22-23,33H2,1-2H3,(H,35,36);1H. The molecule has 0 spiro atoms. The third kappa shape index (κ3) is 8.07. The first kappa shape index (κ1) is 32.3. The Morgan fingerprint density at radius 3 is 2.56 bits per heavy atom. The smallest absolute Gasteiger partial charge is 0.266 e. The molecule has 3 heterocycles. The van der Waals surface area contributed by atoms with Crippen molar-refractivity contribution in [2.24, 2.45) is 11.7 Å². The monoisotopic (exact) mass is 609 g/mol. The molecule has 2 aromatic carbocycles. The number of piperidine rings is 1. The first-order chi connectivity index (χ1) is 20.3. The van der Waals surface area contributed by atoms with Gasteiger partial charge in [-0.3, -0.25) is 14.7 Å². The van der Waals surface area contributed by atoms with Gasteiger partial charge in [-0.1, -0.05) is 30.3 Å². The van der Waals surface area contributed by atoms with E-state index in [4.69, 9.17) is 10.5 Å². The highest BCUT2D eigenvalue weighted by Gasteiger charge is 2.35. The van der Waals surface area contributed by atoms with Gasteiger partial charge in [0, 0.05) is 82.4 Å². The van der Waals surface area contributed by atoms with Crippen LogP contribution in [-0.2, 0) is 16.1 Å². The second-order valence-electron chi connectivity index (χ2n) is 11.7. The van der Waals surface area contributed by atoms with E-state index in [1.165, 1.54) is 0 Å². The SMILES string of the molecule is CC(C)(Oc1cccc(N2CCCC(C(=O)N(CCN)Cc3ccc(-c4cn[nH]c4)cc3)C2)c1)C(=O)N1CCNCC1.Cl. The number of carbonyl (C=O) groups excluding carboxylic acids is 2. The van der Waals surface area contributed by atoms with Crippen molar-refractivity contribution < 1.29 is 14.3 Å². The minimum absolute atomic E-state index is 0. The van der Waals surface area contributed by atoms with Crippen molar-refractivity contribution in [2.75, 3.05) is 57.3 Å². The summed E-state index contributed by atoms with van der Waals surface area (Å²) in [5.74, 6) is 0.664. The Kier molecular flexibility index (Phi) is 11.1. The van der Waals surface area contributed by atoms with Gasteiger partial charge in [-0.2, -0.15) is 5.10 Å². The zero-order valence-corrected chi connectivity index (χ0v) is 25.9. The predicted molar refractivity (Wildman–Crippen MR) is 171 cm³/mol. The van der Waals surface area contributed by atoms with Crippen LogP contribution in [-0.4, -0.2) is 89.8 Å². The second-order valence-corrected chi connectivity index (χ2v) is 11.7. The first-order valence-electron chi connectivity index (χ1n) is 14.9. The van der Waals surface area contributed by atoms with Gasteiger partial charge in [-0.15, -0.1) is 12.4 Å². The van der Waals surface area contributed by atoms with Crippen LogP contribution in [0.4, 0.5) is 5.69 Å². The highest BCUT2D eigenvalue weighted by molar-refractivity contribution is 5.85. The minimum Gasteiger partial charge on any atom is -0.478 e. The number of aromatic nitrogens is 2. The van der Waals surface area contributed by atoms with E-state index in [9.17, 15) is 9.59 Å². The molecule has 2 aliphatic rings. The van der Waals surface area contributed by atoms with Gasteiger partial charge in [-0.05, 0) is 49.9 Å². The molecular formula is C32H44ClN7O3. The lowest BCUT2D eigenvalue weighted by Crippen LogP contribution is -2.54. The highest BCUT2D eigenvalue weighted by Crippen LogP contribution is 2.30. The van der Waals surface area contributed by atoms with Gasteiger partial charge in [0.2, 0.25) is 5.91 Å². The molecule has 43 heavy (non-hydrogen) atoms. The number of benzene rings is 2. The van der Waals surface area contributed by atoms with Crippen LogP contribution in [0.25, 0.3) is 11.1 Å². The summed E-state index contributed by atoms with van der Waals surface area (Å²) in [5, 5.41) is 10.1. The molecule has 1 unspecified atom stereocenters. The summed E-state index contributed by atoms with van der Waals surface area (Å²) in [6, 6.07) is 16.1. The minimum atomic E-state index is -0.976. The zero-order chi connectivity index (χ0) is 29.5. The molecular weight excluding hydrogens is 566 g/mol. The van der Waals surface area contributed by atoms with Crippen LogP contribution in [0.2, 0.25) is 0 Å². The van der Waals surface area contributed by atoms with Gasteiger partial charge in [0.25, 0.3) is 5.91 Å². The Hall–Kier alpha value is -3.60. The van der Waals surface area contributed by atoms with E-state index in [0.717, 1.165) is 54.9 Å². The van der Waals surface area contributed by atoms with Crippen LogP contribution in [0, 0.1) is 5.92 Å². The molecule has 2 aliphatic heterocycles. The Balaban J connectivity index is 0.00000423. The molecule has 0 saturated carbocycles. The predicted octanol–water partition coefficient (Wildman–Crippen LogP) is 3.29. The average Bonchev–Trinajstić information content (AvgIpc) is 3.56. The maximum Gasteiger partial charge on any atom is 0.266 e. The van der Waals surface area contributed by atoms with Gasteiger partial charge >= 0.3 is 0 Å². The van der Waals surface area contributed by atoms with Crippen molar-refractivity contribution in [3.63, 3.8) is 0 Å². The number of hydrogen-bond acceptors (Lipinski definition) is 7. The topological polar surface area (TPSA) is 120 Å². The summed E-state index contributed by atoms with van der Waals surface area (Å²) >= 11 is 0. The largest absolute Gasteiger partial charge is 0.478 e. The van der Waals surface area contributed by atoms with E-state index in [2.05, 4.69) is 44.7 Å². The van der Waals surface area contributed by atoms with Crippen LogP contribution >= 0.6 is 12.4 Å². The maximum absolute atomic E-state index is 13.8. The van der Waals surface area contributed by atoms with Crippen molar-refractivity contribution in [3.8, 4) is 16.9 Å². The van der Waals surface area contributed by atoms with Crippen molar-refractivity contribution >= 4 is 29.9 Å². The number of amides is 2. The van der Waals surface area contributed by atoms with Gasteiger partial charge in [0.05, 0.1) is 12.1 Å². The van der Waals surface area contributed by atoms with E-state index in [0.29, 0.717) is 45.0 Å². The molecule has 2 amide bonds.